The SMILES string of the molecule is COC(C)(Cc1ccc(OCCc2nc(C3CCCCC3)oc2C)nc1)C(=O)O. The number of ether oxygens (including phenoxy) is 2. The fourth-order valence-corrected chi connectivity index (χ4v) is 3.68. The molecular weight excluding hydrogens is 372 g/mol. The van der Waals surface area contributed by atoms with Crippen molar-refractivity contribution in [3.05, 3.63) is 41.2 Å². The number of carboxylic acid groups (broad SMARTS) is 1. The quantitative estimate of drug-likeness (QED) is 0.675. The van der Waals surface area contributed by atoms with Crippen LogP contribution in [-0.4, -0.2) is 40.4 Å². The summed E-state index contributed by atoms with van der Waals surface area (Å²) in [6.45, 7) is 3.95. The molecule has 1 saturated carbocycles. The molecule has 0 bridgehead atoms. The van der Waals surface area contributed by atoms with Crippen molar-refractivity contribution in [3.8, 4) is 5.88 Å². The highest BCUT2D eigenvalue weighted by molar-refractivity contribution is 5.77. The Balaban J connectivity index is 1.52. The molecule has 7 nitrogen and oxygen atoms in total. The van der Waals surface area contributed by atoms with Gasteiger partial charge in [0.25, 0.3) is 0 Å². The second kappa shape index (κ2) is 9.39. The highest BCUT2D eigenvalue weighted by Crippen LogP contribution is 2.33. The summed E-state index contributed by atoms with van der Waals surface area (Å²) < 4.78 is 16.8. The number of aliphatic carboxylic acids is 1. The number of methoxy groups -OCH3 is 1. The number of rotatable bonds is 9. The molecule has 0 amide bonds. The second-order valence-electron chi connectivity index (χ2n) is 7.91. The number of carbonyl (C=O) groups is 1. The Labute approximate surface area is 171 Å². The van der Waals surface area contributed by atoms with Gasteiger partial charge in [0.15, 0.2) is 11.5 Å². The molecule has 1 atom stereocenters. The number of hydrogen-bond acceptors (Lipinski definition) is 6. The number of aryl methyl sites for hydroxylation is 1. The van der Waals surface area contributed by atoms with Gasteiger partial charge in [-0.1, -0.05) is 25.3 Å². The molecule has 0 aliphatic heterocycles. The van der Waals surface area contributed by atoms with E-state index in [1.165, 1.54) is 26.4 Å². The Morgan fingerprint density at radius 3 is 2.69 bits per heavy atom. The van der Waals surface area contributed by atoms with E-state index >= 15 is 0 Å². The van der Waals surface area contributed by atoms with E-state index < -0.39 is 11.6 Å². The summed E-state index contributed by atoms with van der Waals surface area (Å²) >= 11 is 0. The lowest BCUT2D eigenvalue weighted by molar-refractivity contribution is -0.159. The molecule has 2 aromatic heterocycles. The van der Waals surface area contributed by atoms with E-state index in [2.05, 4.69) is 4.98 Å². The molecule has 2 aromatic rings. The predicted octanol–water partition coefficient (Wildman–Crippen LogP) is 4.08. The van der Waals surface area contributed by atoms with Gasteiger partial charge >= 0.3 is 5.97 Å². The van der Waals surface area contributed by atoms with Crippen molar-refractivity contribution in [2.45, 2.75) is 70.3 Å². The van der Waals surface area contributed by atoms with Gasteiger partial charge < -0.3 is 19.0 Å². The van der Waals surface area contributed by atoms with E-state index in [9.17, 15) is 9.90 Å². The lowest BCUT2D eigenvalue weighted by Crippen LogP contribution is -2.39. The molecule has 7 heteroatoms. The molecule has 2 heterocycles. The molecule has 158 valence electrons. The van der Waals surface area contributed by atoms with Gasteiger partial charge in [-0.2, -0.15) is 0 Å². The van der Waals surface area contributed by atoms with Crippen LogP contribution < -0.4 is 4.74 Å². The van der Waals surface area contributed by atoms with Gasteiger partial charge in [0.05, 0.1) is 12.3 Å². The van der Waals surface area contributed by atoms with Gasteiger partial charge in [-0.25, -0.2) is 14.8 Å². The van der Waals surface area contributed by atoms with Crippen LogP contribution in [0.2, 0.25) is 0 Å². The summed E-state index contributed by atoms with van der Waals surface area (Å²) in [6.07, 6.45) is 8.65. The average Bonchev–Trinajstić information content (AvgIpc) is 3.10. The van der Waals surface area contributed by atoms with Crippen molar-refractivity contribution in [2.75, 3.05) is 13.7 Å². The zero-order valence-corrected chi connectivity index (χ0v) is 17.4. The van der Waals surface area contributed by atoms with E-state index in [1.54, 1.807) is 19.2 Å². The van der Waals surface area contributed by atoms with E-state index in [4.69, 9.17) is 18.9 Å². The van der Waals surface area contributed by atoms with Crippen LogP contribution in [0.25, 0.3) is 0 Å². The van der Waals surface area contributed by atoms with E-state index in [0.717, 1.165) is 35.7 Å². The van der Waals surface area contributed by atoms with Crippen molar-refractivity contribution in [3.63, 3.8) is 0 Å². The summed E-state index contributed by atoms with van der Waals surface area (Å²) in [4.78, 5) is 20.3. The molecule has 0 radical (unpaired) electrons. The fraction of sp³-hybridized carbons (Fsp3) is 0.591. The molecule has 1 N–H and O–H groups in total. The second-order valence-corrected chi connectivity index (χ2v) is 7.91. The van der Waals surface area contributed by atoms with Crippen LogP contribution in [0.5, 0.6) is 5.88 Å². The van der Waals surface area contributed by atoms with Gasteiger partial charge in [-0.3, -0.25) is 0 Å². The van der Waals surface area contributed by atoms with Crippen molar-refractivity contribution in [1.29, 1.82) is 0 Å². The van der Waals surface area contributed by atoms with Crippen LogP contribution in [0.1, 0.15) is 67.9 Å². The van der Waals surface area contributed by atoms with Crippen LogP contribution in [0.3, 0.4) is 0 Å². The number of nitrogens with zero attached hydrogens (tertiary/aromatic N) is 2. The maximum absolute atomic E-state index is 11.3. The Morgan fingerprint density at radius 1 is 1.31 bits per heavy atom. The maximum atomic E-state index is 11.3. The number of aromatic nitrogens is 2. The van der Waals surface area contributed by atoms with Gasteiger partial charge in [-0.15, -0.1) is 0 Å². The summed E-state index contributed by atoms with van der Waals surface area (Å²) in [6, 6.07) is 3.56. The topological polar surface area (TPSA) is 94.7 Å². The largest absolute Gasteiger partial charge is 0.479 e. The zero-order valence-electron chi connectivity index (χ0n) is 17.4. The molecule has 0 saturated heterocycles. The van der Waals surface area contributed by atoms with Crippen molar-refractivity contribution in [1.82, 2.24) is 9.97 Å². The van der Waals surface area contributed by atoms with Crippen LogP contribution in [0, 0.1) is 6.92 Å². The number of hydrogen-bond donors (Lipinski definition) is 1. The molecule has 0 aromatic carbocycles. The van der Waals surface area contributed by atoms with E-state index in [0.29, 0.717) is 24.8 Å². The number of pyridine rings is 1. The molecule has 1 aliphatic rings. The van der Waals surface area contributed by atoms with Crippen molar-refractivity contribution >= 4 is 5.97 Å². The average molecular weight is 402 g/mol. The first-order chi connectivity index (χ1) is 13.9. The highest BCUT2D eigenvalue weighted by Gasteiger charge is 2.33. The van der Waals surface area contributed by atoms with E-state index in [-0.39, 0.29) is 6.42 Å². The molecule has 29 heavy (non-hydrogen) atoms. The van der Waals surface area contributed by atoms with Crippen molar-refractivity contribution < 1.29 is 23.8 Å². The monoisotopic (exact) mass is 402 g/mol. The molecule has 1 unspecified atom stereocenters. The first kappa shape index (κ1) is 21.3. The minimum Gasteiger partial charge on any atom is -0.479 e. The number of oxazole rings is 1. The van der Waals surface area contributed by atoms with Crippen LogP contribution >= 0.6 is 0 Å². The van der Waals surface area contributed by atoms with Gasteiger partial charge in [0.1, 0.15) is 5.76 Å². The minimum atomic E-state index is -1.27. The normalized spacial score (nSPS) is 17.1. The summed E-state index contributed by atoms with van der Waals surface area (Å²) in [5.74, 6) is 1.69. The van der Waals surface area contributed by atoms with Gasteiger partial charge in [0, 0.05) is 38.1 Å². The van der Waals surface area contributed by atoms with Crippen LogP contribution in [0.4, 0.5) is 0 Å². The first-order valence-corrected chi connectivity index (χ1v) is 10.2. The maximum Gasteiger partial charge on any atom is 0.336 e. The molecule has 1 aliphatic carbocycles. The van der Waals surface area contributed by atoms with Gasteiger partial charge in [0.2, 0.25) is 5.88 Å². The summed E-state index contributed by atoms with van der Waals surface area (Å²) in [7, 11) is 1.39. The third-order valence-electron chi connectivity index (χ3n) is 5.69. The predicted molar refractivity (Wildman–Crippen MR) is 107 cm³/mol. The lowest BCUT2D eigenvalue weighted by atomic mass is 9.89. The molecule has 0 spiro atoms. The summed E-state index contributed by atoms with van der Waals surface area (Å²) in [5.41, 5.74) is 0.443. The first-order valence-electron chi connectivity index (χ1n) is 10.2. The standard InChI is InChI=1S/C22H30N2O5/c1-15-18(24-20(29-15)17-7-5-4-6-8-17)11-12-28-19-10-9-16(14-23-19)13-22(2,27-3)21(25)26/h9-10,14,17H,4-8,11-13H2,1-3H3,(H,25,26). The zero-order chi connectivity index (χ0) is 20.9. The highest BCUT2D eigenvalue weighted by atomic mass is 16.5. The third kappa shape index (κ3) is 5.35. The Kier molecular flexibility index (Phi) is 6.90. The summed E-state index contributed by atoms with van der Waals surface area (Å²) in [5, 5.41) is 9.30. The number of carboxylic acids is 1. The van der Waals surface area contributed by atoms with Crippen molar-refractivity contribution in [2.24, 2.45) is 0 Å². The molecule has 3 rings (SSSR count). The smallest absolute Gasteiger partial charge is 0.336 e. The van der Waals surface area contributed by atoms with Crippen LogP contribution in [0.15, 0.2) is 22.7 Å². The minimum absolute atomic E-state index is 0.230. The molecular formula is C22H30N2O5. The van der Waals surface area contributed by atoms with E-state index in [1.807, 2.05) is 13.0 Å². The Bertz CT molecular complexity index is 811. The lowest BCUT2D eigenvalue weighted by Gasteiger charge is -2.22. The third-order valence-corrected chi connectivity index (χ3v) is 5.69. The van der Waals surface area contributed by atoms with Gasteiger partial charge in [-0.05, 0) is 32.3 Å². The Morgan fingerprint density at radius 2 is 2.07 bits per heavy atom. The Hall–Kier alpha value is -2.41. The molecule has 1 fully saturated rings. The fourth-order valence-electron chi connectivity index (χ4n) is 3.68. The van der Waals surface area contributed by atoms with Crippen LogP contribution in [-0.2, 0) is 22.4 Å².